The number of nitrogens with zero attached hydrogens (tertiary/aromatic N) is 3. The molecule has 1 aromatic carbocycles. The van der Waals surface area contributed by atoms with Crippen molar-refractivity contribution in [3.05, 3.63) is 42.1 Å². The van der Waals surface area contributed by atoms with E-state index in [9.17, 15) is 4.79 Å². The molecular weight excluding hydrogens is 422 g/mol. The molecule has 0 unspecified atom stereocenters. The van der Waals surface area contributed by atoms with Gasteiger partial charge >= 0.3 is 6.09 Å². The first-order valence-corrected chi connectivity index (χ1v) is 11.3. The molecule has 9 heteroatoms. The van der Waals surface area contributed by atoms with E-state index in [0.29, 0.717) is 23.4 Å². The highest BCUT2D eigenvalue weighted by atomic mass is 16.5. The highest BCUT2D eigenvalue weighted by Gasteiger charge is 2.27. The molecule has 2 aromatic heterocycles. The summed E-state index contributed by atoms with van der Waals surface area (Å²) >= 11 is 0. The van der Waals surface area contributed by atoms with Crippen LogP contribution >= 0.6 is 0 Å². The van der Waals surface area contributed by atoms with E-state index in [1.807, 2.05) is 31.5 Å². The third-order valence-corrected chi connectivity index (χ3v) is 6.31. The number of rotatable bonds is 8. The number of amides is 1. The first-order valence-electron chi connectivity index (χ1n) is 11.3. The summed E-state index contributed by atoms with van der Waals surface area (Å²) in [6.07, 6.45) is 7.00. The fourth-order valence-corrected chi connectivity index (χ4v) is 4.69. The highest BCUT2D eigenvalue weighted by molar-refractivity contribution is 5.88. The maximum absolute atomic E-state index is 11.1. The molecule has 9 nitrogen and oxygen atoms in total. The largest absolute Gasteiger partial charge is 0.495 e. The lowest BCUT2D eigenvalue weighted by atomic mass is 9.85. The summed E-state index contributed by atoms with van der Waals surface area (Å²) in [6, 6.07) is 5.91. The molecular formula is C24H31N5O4. The molecule has 3 aromatic rings. The minimum atomic E-state index is -1.14. The monoisotopic (exact) mass is 453 g/mol. The van der Waals surface area contributed by atoms with E-state index in [0.717, 1.165) is 67.1 Å². The third-order valence-electron chi connectivity index (χ3n) is 6.31. The number of benzene rings is 1. The van der Waals surface area contributed by atoms with Crippen LogP contribution in [0.2, 0.25) is 0 Å². The smallest absolute Gasteiger partial charge is 0.409 e. The van der Waals surface area contributed by atoms with E-state index in [2.05, 4.69) is 20.0 Å². The number of ether oxygens (including phenoxy) is 2. The lowest BCUT2D eigenvalue weighted by molar-refractivity contribution is 0.191. The van der Waals surface area contributed by atoms with E-state index in [4.69, 9.17) is 19.6 Å². The van der Waals surface area contributed by atoms with E-state index in [-0.39, 0.29) is 0 Å². The number of hydrogen-bond donors (Lipinski definition) is 3. The van der Waals surface area contributed by atoms with E-state index >= 15 is 0 Å². The molecule has 0 aliphatic heterocycles. The summed E-state index contributed by atoms with van der Waals surface area (Å²) in [5, 5.41) is 15.0. The lowest BCUT2D eigenvalue weighted by Crippen LogP contribution is -2.35. The van der Waals surface area contributed by atoms with Gasteiger partial charge in [-0.15, -0.1) is 0 Å². The molecule has 2 heterocycles. The minimum absolute atomic E-state index is 0.364. The van der Waals surface area contributed by atoms with Gasteiger partial charge in [-0.05, 0) is 44.7 Å². The fraction of sp³-hybridized carbons (Fsp3) is 0.458. The number of imidazole rings is 1. The molecule has 1 aliphatic rings. The molecule has 33 heavy (non-hydrogen) atoms. The highest BCUT2D eigenvalue weighted by Crippen LogP contribution is 2.38. The van der Waals surface area contributed by atoms with Crippen molar-refractivity contribution in [1.29, 1.82) is 0 Å². The van der Waals surface area contributed by atoms with Crippen LogP contribution < -0.4 is 15.4 Å². The van der Waals surface area contributed by atoms with Crippen LogP contribution in [0.5, 0.6) is 5.75 Å². The van der Waals surface area contributed by atoms with Gasteiger partial charge in [0.1, 0.15) is 11.6 Å². The Kier molecular flexibility index (Phi) is 7.10. The summed E-state index contributed by atoms with van der Waals surface area (Å²) < 4.78 is 12.7. The topological polar surface area (TPSA) is 110 Å². The minimum Gasteiger partial charge on any atom is -0.495 e. The molecule has 0 bridgehead atoms. The summed E-state index contributed by atoms with van der Waals surface area (Å²) in [5.41, 5.74) is 3.95. The second-order valence-corrected chi connectivity index (χ2v) is 8.39. The van der Waals surface area contributed by atoms with E-state index in [1.165, 1.54) is 7.11 Å². The number of fused-ring (bicyclic) bond motifs is 1. The van der Waals surface area contributed by atoms with Crippen molar-refractivity contribution < 1.29 is 19.4 Å². The van der Waals surface area contributed by atoms with Crippen molar-refractivity contribution in [2.24, 2.45) is 0 Å². The first-order chi connectivity index (χ1) is 16.0. The molecule has 1 aliphatic carbocycles. The normalized spacial score (nSPS) is 18.4. The first kappa shape index (κ1) is 23.0. The third kappa shape index (κ3) is 4.94. The molecule has 0 radical (unpaired) electrons. The van der Waals surface area contributed by atoms with Gasteiger partial charge in [0.15, 0.2) is 0 Å². The second-order valence-electron chi connectivity index (χ2n) is 8.39. The van der Waals surface area contributed by atoms with E-state index < -0.39 is 6.09 Å². The molecule has 4 rings (SSSR count). The van der Waals surface area contributed by atoms with Crippen LogP contribution in [-0.2, 0) is 4.74 Å². The number of nitrogens with one attached hydrogen (secondary N) is 2. The van der Waals surface area contributed by atoms with Gasteiger partial charge in [0.2, 0.25) is 0 Å². The standard InChI is InChI=1S/C24H31N5O4/c1-15-22-21(17-6-9-19(27-24(30)31)20(14-17)33-3)28-23(29(22)12-10-25-15)16-4-7-18(8-5-16)26-11-13-32-2/h6,9-10,12,14,16,18,26-27H,4-5,7-8,11,13H2,1-3H3,(H,30,31)/t16-,18-. The number of carbonyl (C=O) groups is 1. The second kappa shape index (κ2) is 10.2. The Morgan fingerprint density at radius 2 is 2.03 bits per heavy atom. The van der Waals surface area contributed by atoms with Crippen LogP contribution in [0.15, 0.2) is 30.6 Å². The Hall–Kier alpha value is -3.17. The zero-order valence-corrected chi connectivity index (χ0v) is 19.3. The van der Waals surface area contributed by atoms with Crippen LogP contribution in [0, 0.1) is 6.92 Å². The summed E-state index contributed by atoms with van der Waals surface area (Å²) in [4.78, 5) is 20.7. The van der Waals surface area contributed by atoms with Crippen LogP contribution in [-0.4, -0.2) is 59.0 Å². The fourth-order valence-electron chi connectivity index (χ4n) is 4.69. The van der Waals surface area contributed by atoms with Gasteiger partial charge in [-0.1, -0.05) is 6.07 Å². The number of anilines is 1. The molecule has 176 valence electrons. The number of aryl methyl sites for hydroxylation is 1. The average Bonchev–Trinajstić information content (AvgIpc) is 3.21. The number of hydrogen-bond acceptors (Lipinski definition) is 6. The summed E-state index contributed by atoms with van der Waals surface area (Å²) in [5.74, 6) is 1.86. The van der Waals surface area contributed by atoms with Gasteiger partial charge in [-0.3, -0.25) is 14.7 Å². The average molecular weight is 454 g/mol. The Morgan fingerprint density at radius 3 is 2.73 bits per heavy atom. The zero-order chi connectivity index (χ0) is 23.4. The van der Waals surface area contributed by atoms with Crippen molar-refractivity contribution >= 4 is 17.3 Å². The Labute approximate surface area is 193 Å². The summed E-state index contributed by atoms with van der Waals surface area (Å²) in [6.45, 7) is 3.59. The number of methoxy groups -OCH3 is 2. The predicted octanol–water partition coefficient (Wildman–Crippen LogP) is 4.07. The molecule has 1 amide bonds. The molecule has 0 atom stereocenters. The van der Waals surface area contributed by atoms with Crippen molar-refractivity contribution in [3.63, 3.8) is 0 Å². The number of carboxylic acid groups (broad SMARTS) is 1. The SMILES string of the molecule is COCCN[C@H]1CC[C@H](c2nc(-c3ccc(NC(=O)O)c(OC)c3)c3c(C)nccn32)CC1. The Morgan fingerprint density at radius 1 is 1.24 bits per heavy atom. The number of aromatic nitrogens is 3. The zero-order valence-electron chi connectivity index (χ0n) is 19.3. The Bertz CT molecular complexity index is 1120. The van der Waals surface area contributed by atoms with Gasteiger partial charge in [0.25, 0.3) is 0 Å². The van der Waals surface area contributed by atoms with E-state index in [1.54, 1.807) is 13.2 Å². The molecule has 1 fully saturated rings. The van der Waals surface area contributed by atoms with Crippen LogP contribution in [0.4, 0.5) is 10.5 Å². The predicted molar refractivity (Wildman–Crippen MR) is 126 cm³/mol. The molecule has 1 saturated carbocycles. The van der Waals surface area contributed by atoms with Gasteiger partial charge < -0.3 is 19.9 Å². The van der Waals surface area contributed by atoms with Gasteiger partial charge in [-0.2, -0.15) is 0 Å². The van der Waals surface area contributed by atoms with Crippen molar-refractivity contribution in [2.75, 3.05) is 32.7 Å². The van der Waals surface area contributed by atoms with Crippen molar-refractivity contribution in [2.45, 2.75) is 44.6 Å². The van der Waals surface area contributed by atoms with Gasteiger partial charge in [0.05, 0.1) is 36.3 Å². The molecule has 3 N–H and O–H groups in total. The van der Waals surface area contributed by atoms with Crippen molar-refractivity contribution in [3.8, 4) is 17.0 Å². The van der Waals surface area contributed by atoms with Crippen LogP contribution in [0.3, 0.4) is 0 Å². The van der Waals surface area contributed by atoms with Crippen LogP contribution in [0.25, 0.3) is 16.8 Å². The van der Waals surface area contributed by atoms with Gasteiger partial charge in [-0.25, -0.2) is 9.78 Å². The maximum Gasteiger partial charge on any atom is 0.409 e. The molecule has 0 spiro atoms. The lowest BCUT2D eigenvalue weighted by Gasteiger charge is -2.28. The van der Waals surface area contributed by atoms with Crippen molar-refractivity contribution in [1.82, 2.24) is 19.7 Å². The molecule has 0 saturated heterocycles. The summed E-state index contributed by atoms with van der Waals surface area (Å²) in [7, 11) is 3.25. The van der Waals surface area contributed by atoms with Gasteiger partial charge in [0, 0.05) is 43.6 Å². The quantitative estimate of drug-likeness (QED) is 0.441. The van der Waals surface area contributed by atoms with Crippen LogP contribution in [0.1, 0.15) is 43.1 Å². The Balaban J connectivity index is 1.66. The maximum atomic E-state index is 11.1.